The van der Waals surface area contributed by atoms with E-state index in [-0.39, 0.29) is 0 Å². The number of nitrogen functional groups attached to an aromatic ring is 1. The Morgan fingerprint density at radius 2 is 2.00 bits per heavy atom. The van der Waals surface area contributed by atoms with Crippen LogP contribution in [0.25, 0.3) is 10.9 Å². The van der Waals surface area contributed by atoms with E-state index in [0.717, 1.165) is 16.6 Å². The van der Waals surface area contributed by atoms with E-state index in [9.17, 15) is 0 Å². The number of methoxy groups -OCH3 is 1. The molecule has 14 heavy (non-hydrogen) atoms. The second-order valence-electron chi connectivity index (χ2n) is 3.16. The van der Waals surface area contributed by atoms with Crippen LogP contribution in [0.15, 0.2) is 24.3 Å². The van der Waals surface area contributed by atoms with Crippen molar-refractivity contribution in [2.45, 2.75) is 6.92 Å². The number of fused-ring (bicyclic) bond motifs is 1. The van der Waals surface area contributed by atoms with Crippen molar-refractivity contribution < 1.29 is 4.74 Å². The summed E-state index contributed by atoms with van der Waals surface area (Å²) in [4.78, 5) is 4.38. The van der Waals surface area contributed by atoms with Crippen LogP contribution in [0, 0.1) is 6.92 Å². The number of hydrogen-bond donors (Lipinski definition) is 1. The maximum absolute atomic E-state index is 5.87. The lowest BCUT2D eigenvalue weighted by Crippen LogP contribution is -1.98. The molecule has 0 spiro atoms. The van der Waals surface area contributed by atoms with E-state index in [4.69, 9.17) is 10.5 Å². The summed E-state index contributed by atoms with van der Waals surface area (Å²) in [7, 11) is 1.62. The van der Waals surface area contributed by atoms with E-state index in [1.165, 1.54) is 0 Å². The van der Waals surface area contributed by atoms with Gasteiger partial charge in [0.2, 0.25) is 0 Å². The number of aromatic nitrogens is 1. The minimum atomic E-state index is 0.617. The van der Waals surface area contributed by atoms with Gasteiger partial charge in [-0.15, -0.1) is 0 Å². The molecule has 72 valence electrons. The Morgan fingerprint density at radius 1 is 1.29 bits per heavy atom. The molecule has 3 heteroatoms. The SMILES string of the molecule is COc1c(N)c(C)nc2ccccc12. The Hall–Kier alpha value is -1.77. The highest BCUT2D eigenvalue weighted by Gasteiger charge is 2.09. The first-order valence-corrected chi connectivity index (χ1v) is 4.43. The second kappa shape index (κ2) is 3.18. The fourth-order valence-electron chi connectivity index (χ4n) is 1.53. The zero-order valence-corrected chi connectivity index (χ0v) is 8.24. The highest BCUT2D eigenvalue weighted by atomic mass is 16.5. The number of rotatable bonds is 1. The molecule has 0 bridgehead atoms. The summed E-state index contributed by atoms with van der Waals surface area (Å²) in [5.41, 5.74) is 8.21. The van der Waals surface area contributed by atoms with Gasteiger partial charge >= 0.3 is 0 Å². The van der Waals surface area contributed by atoms with Crippen molar-refractivity contribution in [1.29, 1.82) is 0 Å². The molecule has 1 heterocycles. The van der Waals surface area contributed by atoms with Gasteiger partial charge in [-0.25, -0.2) is 0 Å². The van der Waals surface area contributed by atoms with Gasteiger partial charge in [0.05, 0.1) is 24.0 Å². The zero-order chi connectivity index (χ0) is 10.1. The first-order chi connectivity index (χ1) is 6.74. The summed E-state index contributed by atoms with van der Waals surface area (Å²) >= 11 is 0. The average molecular weight is 188 g/mol. The molecule has 0 radical (unpaired) electrons. The monoisotopic (exact) mass is 188 g/mol. The van der Waals surface area contributed by atoms with Crippen molar-refractivity contribution in [2.24, 2.45) is 0 Å². The van der Waals surface area contributed by atoms with E-state index in [0.29, 0.717) is 11.4 Å². The average Bonchev–Trinajstić information content (AvgIpc) is 2.20. The van der Waals surface area contributed by atoms with Crippen molar-refractivity contribution in [3.05, 3.63) is 30.0 Å². The van der Waals surface area contributed by atoms with Crippen molar-refractivity contribution >= 4 is 16.6 Å². The number of nitrogens with zero attached hydrogens (tertiary/aromatic N) is 1. The molecule has 0 unspecified atom stereocenters. The molecule has 0 aliphatic rings. The Labute approximate surface area is 82.5 Å². The van der Waals surface area contributed by atoms with Crippen LogP contribution in [-0.4, -0.2) is 12.1 Å². The van der Waals surface area contributed by atoms with Crippen LogP contribution >= 0.6 is 0 Å². The fraction of sp³-hybridized carbons (Fsp3) is 0.182. The fourth-order valence-corrected chi connectivity index (χ4v) is 1.53. The minimum absolute atomic E-state index is 0.617. The topological polar surface area (TPSA) is 48.1 Å². The van der Waals surface area contributed by atoms with E-state index in [2.05, 4.69) is 4.98 Å². The van der Waals surface area contributed by atoms with Crippen LogP contribution in [0.3, 0.4) is 0 Å². The summed E-state index contributed by atoms with van der Waals surface area (Å²) in [5.74, 6) is 0.716. The number of benzene rings is 1. The highest BCUT2D eigenvalue weighted by molar-refractivity contribution is 5.90. The van der Waals surface area contributed by atoms with Crippen molar-refractivity contribution in [1.82, 2.24) is 4.98 Å². The molecule has 0 atom stereocenters. The maximum atomic E-state index is 5.87. The molecular weight excluding hydrogens is 176 g/mol. The predicted molar refractivity (Wildman–Crippen MR) is 57.4 cm³/mol. The quantitative estimate of drug-likeness (QED) is 0.745. The summed E-state index contributed by atoms with van der Waals surface area (Å²) in [6.45, 7) is 1.88. The summed E-state index contributed by atoms with van der Waals surface area (Å²) in [5, 5.41) is 0.957. The van der Waals surface area contributed by atoms with E-state index in [1.807, 2.05) is 31.2 Å². The molecule has 3 nitrogen and oxygen atoms in total. The molecule has 2 N–H and O–H groups in total. The standard InChI is InChI=1S/C11H12N2O/c1-7-10(12)11(14-2)8-5-3-4-6-9(8)13-7/h3-6H,12H2,1-2H3. The molecule has 2 aromatic rings. The van der Waals surface area contributed by atoms with E-state index < -0.39 is 0 Å². The summed E-state index contributed by atoms with van der Waals surface area (Å²) in [6, 6.07) is 7.80. The number of para-hydroxylation sites is 1. The number of anilines is 1. The van der Waals surface area contributed by atoms with Crippen LogP contribution in [0.4, 0.5) is 5.69 Å². The molecule has 1 aromatic heterocycles. The Balaban J connectivity index is 2.89. The van der Waals surface area contributed by atoms with Crippen LogP contribution in [0.5, 0.6) is 5.75 Å². The summed E-state index contributed by atoms with van der Waals surface area (Å²) in [6.07, 6.45) is 0. The lowest BCUT2D eigenvalue weighted by molar-refractivity contribution is 0.421. The zero-order valence-electron chi connectivity index (χ0n) is 8.24. The molecule has 0 aliphatic heterocycles. The molecule has 1 aromatic carbocycles. The number of pyridine rings is 1. The number of aryl methyl sites for hydroxylation is 1. The van der Waals surface area contributed by atoms with Gasteiger partial charge in [-0.3, -0.25) is 4.98 Å². The maximum Gasteiger partial charge on any atom is 0.152 e. The molecule has 2 rings (SSSR count). The number of nitrogens with two attached hydrogens (primary N) is 1. The number of ether oxygens (including phenoxy) is 1. The molecule has 0 fully saturated rings. The van der Waals surface area contributed by atoms with Gasteiger partial charge in [0, 0.05) is 5.39 Å². The van der Waals surface area contributed by atoms with E-state index in [1.54, 1.807) is 7.11 Å². The van der Waals surface area contributed by atoms with Crippen LogP contribution in [0.2, 0.25) is 0 Å². The van der Waals surface area contributed by atoms with Crippen LogP contribution in [0.1, 0.15) is 5.69 Å². The first kappa shape index (κ1) is 8.81. The molecular formula is C11H12N2O. The van der Waals surface area contributed by atoms with Gasteiger partial charge in [0.15, 0.2) is 5.75 Å². The lowest BCUT2D eigenvalue weighted by atomic mass is 10.1. The van der Waals surface area contributed by atoms with Crippen LogP contribution in [-0.2, 0) is 0 Å². The largest absolute Gasteiger partial charge is 0.494 e. The Kier molecular flexibility index (Phi) is 2.00. The van der Waals surface area contributed by atoms with Crippen molar-refractivity contribution in [3.8, 4) is 5.75 Å². The third kappa shape index (κ3) is 1.18. The normalized spacial score (nSPS) is 10.4. The van der Waals surface area contributed by atoms with Crippen molar-refractivity contribution in [3.63, 3.8) is 0 Å². The third-order valence-electron chi connectivity index (χ3n) is 2.28. The van der Waals surface area contributed by atoms with Crippen molar-refractivity contribution in [2.75, 3.05) is 12.8 Å². The summed E-state index contributed by atoms with van der Waals surface area (Å²) < 4.78 is 5.27. The van der Waals surface area contributed by atoms with Gasteiger partial charge in [0.25, 0.3) is 0 Å². The highest BCUT2D eigenvalue weighted by Crippen LogP contribution is 2.31. The Morgan fingerprint density at radius 3 is 2.71 bits per heavy atom. The molecule has 0 saturated heterocycles. The van der Waals surface area contributed by atoms with Gasteiger partial charge in [-0.1, -0.05) is 12.1 Å². The molecule has 0 aliphatic carbocycles. The molecule has 0 saturated carbocycles. The first-order valence-electron chi connectivity index (χ1n) is 4.43. The lowest BCUT2D eigenvalue weighted by Gasteiger charge is -2.10. The number of hydrogen-bond acceptors (Lipinski definition) is 3. The smallest absolute Gasteiger partial charge is 0.152 e. The van der Waals surface area contributed by atoms with Gasteiger partial charge in [0.1, 0.15) is 0 Å². The van der Waals surface area contributed by atoms with E-state index >= 15 is 0 Å². The second-order valence-corrected chi connectivity index (χ2v) is 3.16. The minimum Gasteiger partial charge on any atom is -0.494 e. The van der Waals surface area contributed by atoms with Gasteiger partial charge in [-0.2, -0.15) is 0 Å². The van der Waals surface area contributed by atoms with Crippen LogP contribution < -0.4 is 10.5 Å². The van der Waals surface area contributed by atoms with Gasteiger partial charge in [-0.05, 0) is 19.1 Å². The molecule has 0 amide bonds. The van der Waals surface area contributed by atoms with Gasteiger partial charge < -0.3 is 10.5 Å². The third-order valence-corrected chi connectivity index (χ3v) is 2.28. The Bertz CT molecular complexity index is 480. The predicted octanol–water partition coefficient (Wildman–Crippen LogP) is 2.13.